The Labute approximate surface area is 264 Å². The van der Waals surface area contributed by atoms with Crippen molar-refractivity contribution < 1.29 is 13.7 Å². The molecule has 1 aliphatic carbocycles. The lowest BCUT2D eigenvalue weighted by atomic mass is 10.1. The van der Waals surface area contributed by atoms with E-state index in [1.54, 1.807) is 18.6 Å². The highest BCUT2D eigenvalue weighted by molar-refractivity contribution is 7.92. The van der Waals surface area contributed by atoms with Crippen LogP contribution < -0.4 is 10.2 Å². The Morgan fingerprint density at radius 2 is 1.71 bits per heavy atom. The minimum absolute atomic E-state index is 0.158. The summed E-state index contributed by atoms with van der Waals surface area (Å²) in [6.45, 7) is 7.32. The molecule has 236 valence electrons. The number of hydrogen-bond acceptors (Lipinski definition) is 9. The third-order valence-corrected chi connectivity index (χ3v) is 9.03. The van der Waals surface area contributed by atoms with Crippen molar-refractivity contribution in [2.45, 2.75) is 70.1 Å². The molecule has 0 radical (unpaired) electrons. The fourth-order valence-corrected chi connectivity index (χ4v) is 6.97. The van der Waals surface area contributed by atoms with Gasteiger partial charge in [-0.05, 0) is 94.8 Å². The number of ether oxygens (including phenoxy) is 1. The summed E-state index contributed by atoms with van der Waals surface area (Å²) < 4.78 is 24.4. The standard InChI is InChI=1S/C33H40N8O3S/c1-33(2,3)44-32(42)40-25-15-16-26(40)20-39(19-25)24-13-11-23(12-14-24)35-31-34-18-22-17-27(21-9-10-21)41(30(22)37-31)29-8-6-7-28(36-29)38-45(4,5)43/h6-8,11-14,17-18,21,25-26H,9-10,15-16,19-20H2,1-5H3,(H,34,35,37). The van der Waals surface area contributed by atoms with E-state index in [1.165, 1.54) is 0 Å². The average molecular weight is 629 g/mol. The van der Waals surface area contributed by atoms with Crippen molar-refractivity contribution in [1.29, 1.82) is 0 Å². The highest BCUT2D eigenvalue weighted by atomic mass is 32.2. The highest BCUT2D eigenvalue weighted by Gasteiger charge is 2.44. The van der Waals surface area contributed by atoms with Crippen LogP contribution in [0.15, 0.2) is 59.1 Å². The first-order valence-corrected chi connectivity index (χ1v) is 17.9. The van der Waals surface area contributed by atoms with Crippen molar-refractivity contribution in [3.63, 3.8) is 0 Å². The second kappa shape index (κ2) is 11.0. The summed E-state index contributed by atoms with van der Waals surface area (Å²) in [5.74, 6) is 2.09. The third kappa shape index (κ3) is 6.33. The first-order valence-electron chi connectivity index (χ1n) is 15.6. The Morgan fingerprint density at radius 3 is 2.36 bits per heavy atom. The predicted molar refractivity (Wildman–Crippen MR) is 178 cm³/mol. The molecule has 1 aromatic carbocycles. The molecule has 12 heteroatoms. The Kier molecular flexibility index (Phi) is 7.22. The van der Waals surface area contributed by atoms with E-state index in [1.807, 2.05) is 56.1 Å². The zero-order chi connectivity index (χ0) is 31.5. The Bertz CT molecular complexity index is 1860. The number of amides is 1. The summed E-state index contributed by atoms with van der Waals surface area (Å²) in [4.78, 5) is 31.5. The van der Waals surface area contributed by atoms with Gasteiger partial charge in [0.05, 0.1) is 12.1 Å². The van der Waals surface area contributed by atoms with Gasteiger partial charge in [-0.15, -0.1) is 0 Å². The van der Waals surface area contributed by atoms with Gasteiger partial charge in [-0.25, -0.2) is 19.0 Å². The smallest absolute Gasteiger partial charge is 0.410 e. The molecule has 2 saturated heterocycles. The largest absolute Gasteiger partial charge is 0.444 e. The number of rotatable bonds is 6. The molecule has 2 aliphatic heterocycles. The van der Waals surface area contributed by atoms with Gasteiger partial charge in [0.2, 0.25) is 5.95 Å². The van der Waals surface area contributed by atoms with E-state index >= 15 is 0 Å². The molecular weight excluding hydrogens is 588 g/mol. The number of carbonyl (C=O) groups excluding carboxylic acids is 1. The fraction of sp³-hybridized carbons (Fsp3) is 0.455. The van der Waals surface area contributed by atoms with Gasteiger partial charge in [0.1, 0.15) is 11.4 Å². The molecule has 1 N–H and O–H groups in total. The number of hydrogen-bond donors (Lipinski definition) is 1. The Morgan fingerprint density at radius 1 is 1.00 bits per heavy atom. The summed E-state index contributed by atoms with van der Waals surface area (Å²) in [5, 5.41) is 4.32. The van der Waals surface area contributed by atoms with Crippen LogP contribution in [0.4, 0.5) is 27.9 Å². The van der Waals surface area contributed by atoms with Crippen LogP contribution in [-0.2, 0) is 14.5 Å². The summed E-state index contributed by atoms with van der Waals surface area (Å²) >= 11 is 0. The van der Waals surface area contributed by atoms with Crippen LogP contribution in [0.5, 0.6) is 0 Å². The number of pyridine rings is 1. The number of aromatic nitrogens is 4. The van der Waals surface area contributed by atoms with Crippen molar-refractivity contribution in [3.05, 3.63) is 60.4 Å². The van der Waals surface area contributed by atoms with Crippen LogP contribution in [0.1, 0.15) is 58.1 Å². The maximum Gasteiger partial charge on any atom is 0.410 e. The molecule has 11 nitrogen and oxygen atoms in total. The van der Waals surface area contributed by atoms with Gasteiger partial charge in [-0.3, -0.25) is 9.47 Å². The third-order valence-electron chi connectivity index (χ3n) is 8.40. The first-order chi connectivity index (χ1) is 21.4. The highest BCUT2D eigenvalue weighted by Crippen LogP contribution is 2.43. The molecule has 4 aromatic rings. The Hall–Kier alpha value is -4.19. The van der Waals surface area contributed by atoms with Crippen LogP contribution in [-0.4, -0.2) is 78.0 Å². The van der Waals surface area contributed by atoms with Crippen molar-refractivity contribution >= 4 is 50.0 Å². The van der Waals surface area contributed by atoms with Crippen LogP contribution in [0.3, 0.4) is 0 Å². The van der Waals surface area contributed by atoms with Crippen molar-refractivity contribution in [2.75, 3.05) is 35.8 Å². The second-order valence-electron chi connectivity index (χ2n) is 13.6. The van der Waals surface area contributed by atoms with E-state index < -0.39 is 15.3 Å². The lowest BCUT2D eigenvalue weighted by Gasteiger charge is -2.42. The molecule has 3 fully saturated rings. The number of benzene rings is 1. The zero-order valence-electron chi connectivity index (χ0n) is 26.4. The van der Waals surface area contributed by atoms with E-state index in [9.17, 15) is 9.00 Å². The number of carbonyl (C=O) groups is 1. The van der Waals surface area contributed by atoms with E-state index in [0.717, 1.165) is 66.9 Å². The molecule has 3 aromatic heterocycles. The average Bonchev–Trinajstić information content (AvgIpc) is 3.68. The molecule has 2 unspecified atom stereocenters. The van der Waals surface area contributed by atoms with E-state index in [2.05, 4.69) is 42.3 Å². The van der Waals surface area contributed by atoms with Crippen molar-refractivity contribution in [3.8, 4) is 5.82 Å². The van der Waals surface area contributed by atoms with E-state index in [4.69, 9.17) is 14.7 Å². The van der Waals surface area contributed by atoms with Crippen molar-refractivity contribution in [2.24, 2.45) is 4.36 Å². The van der Waals surface area contributed by atoms with Gasteiger partial charge < -0.3 is 15.0 Å². The van der Waals surface area contributed by atoms with E-state index in [-0.39, 0.29) is 18.2 Å². The molecule has 1 amide bonds. The fourth-order valence-electron chi connectivity index (χ4n) is 6.41. The van der Waals surface area contributed by atoms with Crippen molar-refractivity contribution in [1.82, 2.24) is 24.4 Å². The summed E-state index contributed by atoms with van der Waals surface area (Å²) in [6, 6.07) is 16.4. The van der Waals surface area contributed by atoms with Crippen LogP contribution in [0, 0.1) is 0 Å². The van der Waals surface area contributed by atoms with Gasteiger partial charge in [0.15, 0.2) is 11.5 Å². The molecular formula is C33H40N8O3S. The molecule has 7 rings (SSSR count). The second-order valence-corrected chi connectivity index (χ2v) is 16.2. The number of piperazine rings is 1. The maximum absolute atomic E-state index is 12.9. The monoisotopic (exact) mass is 628 g/mol. The van der Waals surface area contributed by atoms with Crippen LogP contribution in [0.2, 0.25) is 0 Å². The quantitative estimate of drug-likeness (QED) is 0.261. The van der Waals surface area contributed by atoms with E-state index in [0.29, 0.717) is 23.5 Å². The topological polar surface area (TPSA) is 118 Å². The summed E-state index contributed by atoms with van der Waals surface area (Å²) in [7, 11) is -2.34. The SMILES string of the molecule is CC(C)(C)OC(=O)N1C2CCC1CN(c1ccc(Nc3ncc4cc(C5CC5)n(-c5cccc(N=S(C)(C)=O)n5)c4n3)cc1)C2. The van der Waals surface area contributed by atoms with Gasteiger partial charge in [-0.2, -0.15) is 9.35 Å². The number of nitrogens with zero attached hydrogens (tertiary/aromatic N) is 7. The lowest BCUT2D eigenvalue weighted by Crippen LogP contribution is -2.56. The van der Waals surface area contributed by atoms with Gasteiger partial charge in [0, 0.05) is 64.0 Å². The molecule has 45 heavy (non-hydrogen) atoms. The molecule has 0 spiro atoms. The molecule has 2 atom stereocenters. The predicted octanol–water partition coefficient (Wildman–Crippen LogP) is 6.38. The number of nitrogens with one attached hydrogen (secondary N) is 1. The minimum atomic E-state index is -2.34. The molecule has 2 bridgehead atoms. The van der Waals surface area contributed by atoms with Gasteiger partial charge in [-0.1, -0.05) is 6.07 Å². The molecule has 1 saturated carbocycles. The van der Waals surface area contributed by atoms with Crippen LogP contribution >= 0.6 is 0 Å². The number of fused-ring (bicyclic) bond motifs is 3. The molecule has 3 aliphatic rings. The van der Waals surface area contributed by atoms with Crippen LogP contribution in [0.25, 0.3) is 16.9 Å². The van der Waals surface area contributed by atoms with Gasteiger partial charge in [0.25, 0.3) is 0 Å². The summed E-state index contributed by atoms with van der Waals surface area (Å²) in [6.07, 6.45) is 9.10. The lowest BCUT2D eigenvalue weighted by molar-refractivity contribution is 0.0123. The zero-order valence-corrected chi connectivity index (χ0v) is 27.3. The number of anilines is 3. The maximum atomic E-state index is 12.9. The summed E-state index contributed by atoms with van der Waals surface area (Å²) in [5.41, 5.74) is 3.43. The minimum Gasteiger partial charge on any atom is -0.444 e. The van der Waals surface area contributed by atoms with Gasteiger partial charge >= 0.3 is 6.09 Å². The molecule has 5 heterocycles. The Balaban J connectivity index is 1.10. The first kappa shape index (κ1) is 29.5. The normalized spacial score (nSPS) is 20.0.